The largest absolute Gasteiger partial charge is 0.337 e. The fourth-order valence-electron chi connectivity index (χ4n) is 3.67. The van der Waals surface area contributed by atoms with E-state index < -0.39 is 5.54 Å². The van der Waals surface area contributed by atoms with E-state index in [1.54, 1.807) is 0 Å². The van der Waals surface area contributed by atoms with E-state index in [4.69, 9.17) is 0 Å². The summed E-state index contributed by atoms with van der Waals surface area (Å²) in [5.41, 5.74) is -0.290. The lowest BCUT2D eigenvalue weighted by Crippen LogP contribution is -2.67. The number of nitrogens with zero attached hydrogens (tertiary/aromatic N) is 1. The Morgan fingerprint density at radius 2 is 1.67 bits per heavy atom. The monoisotopic (exact) mass is 286 g/mol. The van der Waals surface area contributed by atoms with Gasteiger partial charge in [0, 0.05) is 5.54 Å². The molecule has 1 saturated heterocycles. The Kier molecular flexibility index (Phi) is 3.27. The molecule has 1 N–H and O–H groups in total. The van der Waals surface area contributed by atoms with Gasteiger partial charge in [-0.05, 0) is 32.3 Å². The normalized spacial score (nSPS) is 28.6. The van der Waals surface area contributed by atoms with Gasteiger partial charge in [0.05, 0.1) is 0 Å². The van der Waals surface area contributed by atoms with Gasteiger partial charge in [-0.1, -0.05) is 43.2 Å². The molecule has 4 nitrogen and oxygen atoms in total. The van der Waals surface area contributed by atoms with E-state index in [0.29, 0.717) is 0 Å². The summed E-state index contributed by atoms with van der Waals surface area (Å²) in [6.45, 7) is 4.10. The van der Waals surface area contributed by atoms with Crippen LogP contribution in [0, 0.1) is 0 Å². The minimum absolute atomic E-state index is 0.0118. The van der Waals surface area contributed by atoms with Gasteiger partial charge in [0.25, 0.3) is 5.91 Å². The van der Waals surface area contributed by atoms with Gasteiger partial charge in [-0.2, -0.15) is 0 Å². The van der Waals surface area contributed by atoms with Gasteiger partial charge in [0.15, 0.2) is 0 Å². The summed E-state index contributed by atoms with van der Waals surface area (Å²) in [6.07, 6.45) is 4.22. The maximum absolute atomic E-state index is 13.1. The molecule has 2 amide bonds. The summed E-state index contributed by atoms with van der Waals surface area (Å²) in [5, 5.41) is 2.90. The predicted octanol–water partition coefficient (Wildman–Crippen LogP) is 2.19. The molecule has 0 bridgehead atoms. The Balaban J connectivity index is 1.99. The molecule has 1 aromatic carbocycles. The van der Waals surface area contributed by atoms with Gasteiger partial charge in [-0.25, -0.2) is 0 Å². The van der Waals surface area contributed by atoms with Crippen molar-refractivity contribution in [2.45, 2.75) is 50.6 Å². The number of benzene rings is 1. The SMILES string of the molecule is CC1(c2ccccc2)NC(=O)CN(C2(C)CCCC2)C1=O. The molecule has 0 spiro atoms. The van der Waals surface area contributed by atoms with Crippen LogP contribution in [0.15, 0.2) is 30.3 Å². The van der Waals surface area contributed by atoms with E-state index in [1.807, 2.05) is 42.2 Å². The molecule has 1 atom stereocenters. The lowest BCUT2D eigenvalue weighted by molar-refractivity contribution is -0.155. The molecule has 1 aliphatic heterocycles. The summed E-state index contributed by atoms with van der Waals surface area (Å²) in [6, 6.07) is 9.52. The zero-order chi connectivity index (χ0) is 15.1. The topological polar surface area (TPSA) is 49.4 Å². The number of piperazine rings is 1. The van der Waals surface area contributed by atoms with Crippen LogP contribution in [-0.2, 0) is 15.1 Å². The number of nitrogens with one attached hydrogen (secondary N) is 1. The lowest BCUT2D eigenvalue weighted by atomic mass is 9.85. The summed E-state index contributed by atoms with van der Waals surface area (Å²) >= 11 is 0. The molecule has 3 rings (SSSR count). The fourth-order valence-corrected chi connectivity index (χ4v) is 3.67. The van der Waals surface area contributed by atoms with Gasteiger partial charge in [-0.3, -0.25) is 9.59 Å². The van der Waals surface area contributed by atoms with E-state index in [-0.39, 0.29) is 23.9 Å². The van der Waals surface area contributed by atoms with Crippen LogP contribution in [0.4, 0.5) is 0 Å². The maximum Gasteiger partial charge on any atom is 0.253 e. The second kappa shape index (κ2) is 4.86. The van der Waals surface area contributed by atoms with Crippen molar-refractivity contribution in [1.29, 1.82) is 0 Å². The van der Waals surface area contributed by atoms with Crippen molar-refractivity contribution in [3.05, 3.63) is 35.9 Å². The van der Waals surface area contributed by atoms with Gasteiger partial charge < -0.3 is 10.2 Å². The smallest absolute Gasteiger partial charge is 0.253 e. The number of amides is 2. The molecule has 1 unspecified atom stereocenters. The molecule has 1 saturated carbocycles. The van der Waals surface area contributed by atoms with Crippen molar-refractivity contribution in [3.8, 4) is 0 Å². The molecular weight excluding hydrogens is 264 g/mol. The van der Waals surface area contributed by atoms with Gasteiger partial charge in [0.2, 0.25) is 5.91 Å². The molecule has 1 aromatic rings. The molecule has 4 heteroatoms. The molecule has 112 valence electrons. The lowest BCUT2D eigenvalue weighted by Gasteiger charge is -2.47. The van der Waals surface area contributed by atoms with Crippen LogP contribution in [-0.4, -0.2) is 28.8 Å². The minimum atomic E-state index is -0.956. The maximum atomic E-state index is 13.1. The molecule has 1 aliphatic carbocycles. The number of carbonyl (C=O) groups excluding carboxylic acids is 2. The van der Waals surface area contributed by atoms with Gasteiger partial charge in [0.1, 0.15) is 12.1 Å². The van der Waals surface area contributed by atoms with Crippen LogP contribution in [0.3, 0.4) is 0 Å². The average Bonchev–Trinajstić information content (AvgIpc) is 2.92. The Bertz CT molecular complexity index is 563. The first kappa shape index (κ1) is 14.1. The molecule has 1 heterocycles. The van der Waals surface area contributed by atoms with Gasteiger partial charge in [-0.15, -0.1) is 0 Å². The zero-order valence-corrected chi connectivity index (χ0v) is 12.7. The third kappa shape index (κ3) is 2.23. The minimum Gasteiger partial charge on any atom is -0.337 e. The summed E-state index contributed by atoms with van der Waals surface area (Å²) in [5.74, 6) is -0.0632. The van der Waals surface area contributed by atoms with E-state index >= 15 is 0 Å². The Morgan fingerprint density at radius 1 is 1.05 bits per heavy atom. The quantitative estimate of drug-likeness (QED) is 0.906. The van der Waals surface area contributed by atoms with Crippen LogP contribution >= 0.6 is 0 Å². The highest BCUT2D eigenvalue weighted by Gasteiger charge is 2.50. The second-order valence-electron chi connectivity index (χ2n) is 6.63. The Morgan fingerprint density at radius 3 is 2.29 bits per heavy atom. The standard InChI is InChI=1S/C17H22N2O2/c1-16(10-6-7-11-16)19-12-14(20)18-17(2,15(19)21)13-8-4-3-5-9-13/h3-5,8-9H,6-7,10-12H2,1-2H3,(H,18,20). The first-order chi connectivity index (χ1) is 9.96. The first-order valence-electron chi connectivity index (χ1n) is 7.64. The fraction of sp³-hybridized carbons (Fsp3) is 0.529. The van der Waals surface area contributed by atoms with E-state index in [0.717, 1.165) is 31.2 Å². The molecule has 0 aromatic heterocycles. The zero-order valence-electron chi connectivity index (χ0n) is 12.7. The third-order valence-electron chi connectivity index (χ3n) is 5.05. The van der Waals surface area contributed by atoms with Crippen molar-refractivity contribution >= 4 is 11.8 Å². The molecule has 21 heavy (non-hydrogen) atoms. The second-order valence-corrected chi connectivity index (χ2v) is 6.63. The molecular formula is C17H22N2O2. The molecule has 0 radical (unpaired) electrons. The highest BCUT2D eigenvalue weighted by atomic mass is 16.2. The van der Waals surface area contributed by atoms with Crippen molar-refractivity contribution in [3.63, 3.8) is 0 Å². The summed E-state index contributed by atoms with van der Waals surface area (Å²) in [4.78, 5) is 27.1. The highest BCUT2D eigenvalue weighted by Crippen LogP contribution is 2.38. The van der Waals surface area contributed by atoms with E-state index in [1.165, 1.54) is 0 Å². The first-order valence-corrected chi connectivity index (χ1v) is 7.64. The van der Waals surface area contributed by atoms with Crippen LogP contribution in [0.2, 0.25) is 0 Å². The third-order valence-corrected chi connectivity index (χ3v) is 5.05. The van der Waals surface area contributed by atoms with E-state index in [9.17, 15) is 9.59 Å². The molecule has 2 aliphatic rings. The molecule has 2 fully saturated rings. The van der Waals surface area contributed by atoms with Crippen molar-refractivity contribution < 1.29 is 9.59 Å². The van der Waals surface area contributed by atoms with Crippen molar-refractivity contribution in [2.24, 2.45) is 0 Å². The van der Waals surface area contributed by atoms with Crippen LogP contribution in [0.1, 0.15) is 45.1 Å². The number of carbonyl (C=O) groups is 2. The number of hydrogen-bond acceptors (Lipinski definition) is 2. The van der Waals surface area contributed by atoms with Crippen LogP contribution in [0.25, 0.3) is 0 Å². The van der Waals surface area contributed by atoms with Gasteiger partial charge >= 0.3 is 0 Å². The summed E-state index contributed by atoms with van der Waals surface area (Å²) in [7, 11) is 0. The van der Waals surface area contributed by atoms with E-state index in [2.05, 4.69) is 12.2 Å². The average molecular weight is 286 g/mol. The predicted molar refractivity (Wildman–Crippen MR) is 80.5 cm³/mol. The Hall–Kier alpha value is -1.84. The van der Waals surface area contributed by atoms with Crippen LogP contribution in [0.5, 0.6) is 0 Å². The number of hydrogen-bond donors (Lipinski definition) is 1. The van der Waals surface area contributed by atoms with Crippen molar-refractivity contribution in [1.82, 2.24) is 10.2 Å². The number of rotatable bonds is 2. The van der Waals surface area contributed by atoms with Crippen LogP contribution < -0.4 is 5.32 Å². The van der Waals surface area contributed by atoms with Crippen molar-refractivity contribution in [2.75, 3.05) is 6.54 Å². The highest BCUT2D eigenvalue weighted by molar-refractivity contribution is 5.98. The Labute approximate surface area is 125 Å². The summed E-state index contributed by atoms with van der Waals surface area (Å²) < 4.78 is 0.